The summed E-state index contributed by atoms with van der Waals surface area (Å²) in [4.78, 5) is 12.5. The maximum Gasteiger partial charge on any atom is 0.387 e. The number of ether oxygens (including phenoxy) is 3. The molecule has 0 unspecified atom stereocenters. The Kier molecular flexibility index (Phi) is 7.34. The Morgan fingerprint density at radius 3 is 2.48 bits per heavy atom. The molecule has 1 fully saturated rings. The molecule has 2 aromatic rings. The van der Waals surface area contributed by atoms with E-state index in [1.165, 1.54) is 47.8 Å². The first kappa shape index (κ1) is 23.2. The van der Waals surface area contributed by atoms with Gasteiger partial charge in [0.1, 0.15) is 6.61 Å². The third kappa shape index (κ3) is 5.44. The number of carbonyl (C=O) groups is 1. The molecule has 168 valence electrons. The van der Waals surface area contributed by atoms with Gasteiger partial charge in [-0.15, -0.1) is 0 Å². The highest BCUT2D eigenvalue weighted by Crippen LogP contribution is 2.30. The highest BCUT2D eigenvalue weighted by Gasteiger charge is 2.28. The molecule has 0 bridgehead atoms. The summed E-state index contributed by atoms with van der Waals surface area (Å²) in [5.74, 6) is -0.934. The monoisotopic (exact) mass is 475 g/mol. The first-order chi connectivity index (χ1) is 14.7. The second-order valence-corrected chi connectivity index (χ2v) is 9.04. The van der Waals surface area contributed by atoms with Crippen molar-refractivity contribution < 1.29 is 36.2 Å². The maximum atomic E-state index is 12.7. The SMILES string of the molecule is COc1cc(COC(=O)c2cc(S(=O)(=O)N3CCCC3)ccc2Cl)ccc1OC(F)F. The van der Waals surface area contributed by atoms with Crippen LogP contribution in [0.2, 0.25) is 5.02 Å². The van der Waals surface area contributed by atoms with E-state index in [1.54, 1.807) is 0 Å². The molecule has 0 radical (unpaired) electrons. The van der Waals surface area contributed by atoms with Gasteiger partial charge >= 0.3 is 12.6 Å². The number of methoxy groups -OCH3 is 1. The number of sulfonamides is 1. The molecule has 0 amide bonds. The van der Waals surface area contributed by atoms with Crippen LogP contribution >= 0.6 is 11.6 Å². The van der Waals surface area contributed by atoms with E-state index in [4.69, 9.17) is 21.1 Å². The number of halogens is 3. The van der Waals surface area contributed by atoms with E-state index >= 15 is 0 Å². The summed E-state index contributed by atoms with van der Waals surface area (Å²) in [6.07, 6.45) is 1.57. The van der Waals surface area contributed by atoms with E-state index in [0.29, 0.717) is 18.7 Å². The predicted octanol–water partition coefficient (Wildman–Crippen LogP) is 4.09. The van der Waals surface area contributed by atoms with Gasteiger partial charge < -0.3 is 14.2 Å². The number of rotatable bonds is 8. The van der Waals surface area contributed by atoms with Gasteiger partial charge in [0.25, 0.3) is 0 Å². The summed E-state index contributed by atoms with van der Waals surface area (Å²) >= 11 is 6.08. The smallest absolute Gasteiger partial charge is 0.387 e. The van der Waals surface area contributed by atoms with Crippen molar-refractivity contribution in [2.45, 2.75) is 31.0 Å². The van der Waals surface area contributed by atoms with Gasteiger partial charge in [-0.05, 0) is 48.7 Å². The third-order valence-corrected chi connectivity index (χ3v) is 6.90. The molecule has 11 heteroatoms. The molecule has 0 N–H and O–H groups in total. The predicted molar refractivity (Wildman–Crippen MR) is 108 cm³/mol. The number of esters is 1. The molecule has 1 heterocycles. The van der Waals surface area contributed by atoms with Gasteiger partial charge in [0.2, 0.25) is 10.0 Å². The topological polar surface area (TPSA) is 82.1 Å². The maximum absolute atomic E-state index is 12.7. The van der Waals surface area contributed by atoms with Gasteiger partial charge in [0.05, 0.1) is 22.6 Å². The Morgan fingerprint density at radius 2 is 1.84 bits per heavy atom. The molecule has 0 spiro atoms. The molecule has 3 rings (SSSR count). The lowest BCUT2D eigenvalue weighted by Crippen LogP contribution is -2.28. The van der Waals surface area contributed by atoms with Crippen LogP contribution in [0.25, 0.3) is 0 Å². The Morgan fingerprint density at radius 1 is 1.13 bits per heavy atom. The Hall–Kier alpha value is -2.43. The largest absolute Gasteiger partial charge is 0.493 e. The van der Waals surface area contributed by atoms with E-state index in [0.717, 1.165) is 12.8 Å². The normalized spacial score (nSPS) is 14.6. The van der Waals surface area contributed by atoms with Crippen molar-refractivity contribution in [3.8, 4) is 11.5 Å². The highest BCUT2D eigenvalue weighted by molar-refractivity contribution is 7.89. The van der Waals surface area contributed by atoms with E-state index < -0.39 is 22.6 Å². The minimum Gasteiger partial charge on any atom is -0.493 e. The molecular weight excluding hydrogens is 456 g/mol. The van der Waals surface area contributed by atoms with Crippen LogP contribution in [0, 0.1) is 0 Å². The Labute approximate surface area is 183 Å². The average molecular weight is 476 g/mol. The summed E-state index contributed by atoms with van der Waals surface area (Å²) in [6.45, 7) is -2.37. The van der Waals surface area contributed by atoms with E-state index in [9.17, 15) is 22.0 Å². The highest BCUT2D eigenvalue weighted by atomic mass is 35.5. The zero-order chi connectivity index (χ0) is 22.6. The molecule has 1 aliphatic heterocycles. The summed E-state index contributed by atoms with van der Waals surface area (Å²) in [5, 5.41) is 0.0450. The lowest BCUT2D eigenvalue weighted by atomic mass is 10.2. The van der Waals surface area contributed by atoms with Crippen LogP contribution in [0.4, 0.5) is 8.78 Å². The molecule has 0 saturated carbocycles. The van der Waals surface area contributed by atoms with Crippen LogP contribution in [0.1, 0.15) is 28.8 Å². The van der Waals surface area contributed by atoms with Crippen LogP contribution in [-0.4, -0.2) is 45.5 Å². The molecule has 0 aromatic heterocycles. The molecule has 1 aliphatic rings. The molecular formula is C20H20ClF2NO6S. The Bertz CT molecular complexity index is 1060. The first-order valence-electron chi connectivity index (χ1n) is 9.31. The molecule has 7 nitrogen and oxygen atoms in total. The molecule has 1 saturated heterocycles. The molecule has 0 aliphatic carbocycles. The third-order valence-electron chi connectivity index (χ3n) is 4.67. The zero-order valence-corrected chi connectivity index (χ0v) is 18.1. The fraction of sp³-hybridized carbons (Fsp3) is 0.350. The quantitative estimate of drug-likeness (QED) is 0.535. The Balaban J connectivity index is 1.75. The summed E-state index contributed by atoms with van der Waals surface area (Å²) < 4.78 is 66.3. The van der Waals surface area contributed by atoms with Crippen LogP contribution in [0.5, 0.6) is 11.5 Å². The minimum atomic E-state index is -3.73. The van der Waals surface area contributed by atoms with Crippen molar-refractivity contribution in [3.05, 3.63) is 52.5 Å². The lowest BCUT2D eigenvalue weighted by molar-refractivity contribution is -0.0512. The number of alkyl halides is 2. The summed E-state index contributed by atoms with van der Waals surface area (Å²) in [6, 6.07) is 7.97. The van der Waals surface area contributed by atoms with Crippen molar-refractivity contribution in [1.29, 1.82) is 0 Å². The second kappa shape index (κ2) is 9.80. The van der Waals surface area contributed by atoms with E-state index in [2.05, 4.69) is 4.74 Å². The van der Waals surface area contributed by atoms with Crippen molar-refractivity contribution in [3.63, 3.8) is 0 Å². The standard InChI is InChI=1S/C20H20ClF2NO6S/c1-28-18-10-13(4-7-17(18)30-20(22)23)12-29-19(25)15-11-14(5-6-16(15)21)31(26,27)24-8-2-3-9-24/h4-7,10-11,20H,2-3,8-9,12H2,1H3. The summed E-state index contributed by atoms with van der Waals surface area (Å²) in [7, 11) is -2.44. The summed E-state index contributed by atoms with van der Waals surface area (Å²) in [5.41, 5.74) is 0.357. The lowest BCUT2D eigenvalue weighted by Gasteiger charge is -2.16. The van der Waals surface area contributed by atoms with Gasteiger partial charge in [-0.3, -0.25) is 0 Å². The second-order valence-electron chi connectivity index (χ2n) is 6.69. The first-order valence-corrected chi connectivity index (χ1v) is 11.1. The van der Waals surface area contributed by atoms with Gasteiger partial charge in [-0.25, -0.2) is 13.2 Å². The van der Waals surface area contributed by atoms with Gasteiger partial charge in [-0.1, -0.05) is 17.7 Å². The van der Waals surface area contributed by atoms with Crippen molar-refractivity contribution >= 4 is 27.6 Å². The molecule has 2 aromatic carbocycles. The fourth-order valence-electron chi connectivity index (χ4n) is 3.12. The van der Waals surface area contributed by atoms with Crippen LogP contribution in [0.3, 0.4) is 0 Å². The van der Waals surface area contributed by atoms with Crippen LogP contribution in [0.15, 0.2) is 41.3 Å². The van der Waals surface area contributed by atoms with Crippen LogP contribution in [-0.2, 0) is 21.4 Å². The van der Waals surface area contributed by atoms with Gasteiger partial charge in [0, 0.05) is 13.1 Å². The van der Waals surface area contributed by atoms with Crippen molar-refractivity contribution in [1.82, 2.24) is 4.31 Å². The molecule has 31 heavy (non-hydrogen) atoms. The van der Waals surface area contributed by atoms with E-state index in [1.807, 2.05) is 0 Å². The van der Waals surface area contributed by atoms with Crippen molar-refractivity contribution in [2.24, 2.45) is 0 Å². The zero-order valence-electron chi connectivity index (χ0n) is 16.5. The van der Waals surface area contributed by atoms with Crippen molar-refractivity contribution in [2.75, 3.05) is 20.2 Å². The van der Waals surface area contributed by atoms with Gasteiger partial charge in [-0.2, -0.15) is 13.1 Å². The number of carbonyl (C=O) groups excluding carboxylic acids is 1. The van der Waals surface area contributed by atoms with Crippen LogP contribution < -0.4 is 9.47 Å². The number of hydrogen-bond donors (Lipinski definition) is 0. The average Bonchev–Trinajstić information content (AvgIpc) is 3.28. The minimum absolute atomic E-state index is 0.0408. The number of benzene rings is 2. The van der Waals surface area contributed by atoms with Gasteiger partial charge in [0.15, 0.2) is 11.5 Å². The number of nitrogens with zero attached hydrogens (tertiary/aromatic N) is 1. The number of hydrogen-bond acceptors (Lipinski definition) is 6. The fourth-order valence-corrected chi connectivity index (χ4v) is 4.86. The molecule has 0 atom stereocenters. The van der Waals surface area contributed by atoms with E-state index in [-0.39, 0.29) is 33.6 Å².